The zero-order valence-corrected chi connectivity index (χ0v) is 14.7. The monoisotopic (exact) mass is 321 g/mol. The highest BCUT2D eigenvalue weighted by Crippen LogP contribution is 2.21. The number of hydrogen-bond acceptors (Lipinski definition) is 3. The largest absolute Gasteiger partial charge is 0.324 e. The molecule has 124 valence electrons. The highest BCUT2D eigenvalue weighted by molar-refractivity contribution is 5.93. The van der Waals surface area contributed by atoms with Gasteiger partial charge in [0.15, 0.2) is 0 Å². The first-order valence-electron chi connectivity index (χ1n) is 7.94. The second-order valence-corrected chi connectivity index (χ2v) is 6.30. The van der Waals surface area contributed by atoms with Crippen molar-refractivity contribution in [2.45, 2.75) is 27.3 Å². The first kappa shape index (κ1) is 17.7. The van der Waals surface area contributed by atoms with E-state index in [4.69, 9.17) is 5.26 Å². The van der Waals surface area contributed by atoms with Crippen molar-refractivity contribution >= 4 is 11.6 Å². The van der Waals surface area contributed by atoms with Crippen LogP contribution in [0, 0.1) is 32.1 Å². The fourth-order valence-electron chi connectivity index (χ4n) is 2.85. The molecule has 0 fully saturated rings. The van der Waals surface area contributed by atoms with Crippen molar-refractivity contribution in [1.82, 2.24) is 4.90 Å². The molecule has 0 spiro atoms. The van der Waals surface area contributed by atoms with E-state index in [1.54, 1.807) is 12.1 Å². The van der Waals surface area contributed by atoms with Gasteiger partial charge in [0.2, 0.25) is 5.91 Å². The number of likely N-dealkylation sites (N-methyl/N-ethyl adjacent to an activating group) is 1. The van der Waals surface area contributed by atoms with E-state index >= 15 is 0 Å². The van der Waals surface area contributed by atoms with Gasteiger partial charge in [-0.25, -0.2) is 0 Å². The van der Waals surface area contributed by atoms with Crippen molar-refractivity contribution in [3.63, 3.8) is 0 Å². The van der Waals surface area contributed by atoms with Gasteiger partial charge >= 0.3 is 0 Å². The molecule has 0 radical (unpaired) electrons. The smallest absolute Gasteiger partial charge is 0.238 e. The third-order valence-corrected chi connectivity index (χ3v) is 3.89. The zero-order valence-electron chi connectivity index (χ0n) is 14.7. The van der Waals surface area contributed by atoms with Gasteiger partial charge in [-0.05, 0) is 56.6 Å². The Labute approximate surface area is 143 Å². The Morgan fingerprint density at radius 3 is 2.25 bits per heavy atom. The van der Waals surface area contributed by atoms with E-state index in [9.17, 15) is 4.79 Å². The number of nitrogens with one attached hydrogen (secondary N) is 1. The predicted octanol–water partition coefficient (Wildman–Crippen LogP) is 3.55. The Morgan fingerprint density at radius 2 is 1.71 bits per heavy atom. The third-order valence-electron chi connectivity index (χ3n) is 3.89. The highest BCUT2D eigenvalue weighted by Gasteiger charge is 2.11. The quantitative estimate of drug-likeness (QED) is 0.916. The molecular formula is C20H23N3O. The predicted molar refractivity (Wildman–Crippen MR) is 96.8 cm³/mol. The molecule has 4 nitrogen and oxygen atoms in total. The summed E-state index contributed by atoms with van der Waals surface area (Å²) in [5, 5.41) is 11.8. The minimum Gasteiger partial charge on any atom is -0.324 e. The van der Waals surface area contributed by atoms with Crippen LogP contribution in [0.5, 0.6) is 0 Å². The summed E-state index contributed by atoms with van der Waals surface area (Å²) >= 11 is 0. The van der Waals surface area contributed by atoms with Gasteiger partial charge in [0, 0.05) is 12.2 Å². The van der Waals surface area contributed by atoms with Gasteiger partial charge in [-0.2, -0.15) is 5.26 Å². The number of hydrogen-bond donors (Lipinski definition) is 1. The first-order valence-corrected chi connectivity index (χ1v) is 7.94. The number of nitriles is 1. The maximum Gasteiger partial charge on any atom is 0.238 e. The van der Waals surface area contributed by atoms with E-state index in [-0.39, 0.29) is 5.91 Å². The van der Waals surface area contributed by atoms with Gasteiger partial charge in [0.1, 0.15) is 0 Å². The molecule has 2 rings (SSSR count). The topological polar surface area (TPSA) is 56.1 Å². The van der Waals surface area contributed by atoms with Crippen molar-refractivity contribution in [3.05, 3.63) is 64.2 Å². The average molecular weight is 321 g/mol. The second kappa shape index (κ2) is 7.76. The maximum atomic E-state index is 12.3. The van der Waals surface area contributed by atoms with Crippen LogP contribution in [0.2, 0.25) is 0 Å². The Bertz CT molecular complexity index is 749. The Balaban J connectivity index is 1.95. The molecule has 2 aromatic carbocycles. The van der Waals surface area contributed by atoms with E-state index in [2.05, 4.69) is 30.4 Å². The van der Waals surface area contributed by atoms with E-state index < -0.39 is 0 Å². The molecular weight excluding hydrogens is 298 g/mol. The van der Waals surface area contributed by atoms with E-state index in [1.807, 2.05) is 37.9 Å². The summed E-state index contributed by atoms with van der Waals surface area (Å²) in [6.07, 6.45) is 0. The standard InChI is InChI=1S/C20H23N3O/c1-14-9-15(2)20(16(3)10-14)22-19(24)13-23(4)12-18-7-5-17(11-21)6-8-18/h5-10H,12-13H2,1-4H3,(H,22,24). The molecule has 0 unspecified atom stereocenters. The van der Waals surface area contributed by atoms with E-state index in [0.29, 0.717) is 18.7 Å². The van der Waals surface area contributed by atoms with Crippen molar-refractivity contribution in [1.29, 1.82) is 5.26 Å². The van der Waals surface area contributed by atoms with Crippen molar-refractivity contribution < 1.29 is 4.79 Å². The van der Waals surface area contributed by atoms with Crippen LogP contribution >= 0.6 is 0 Å². The summed E-state index contributed by atoms with van der Waals surface area (Å²) in [6.45, 7) is 7.04. The fourth-order valence-corrected chi connectivity index (χ4v) is 2.85. The summed E-state index contributed by atoms with van der Waals surface area (Å²) in [5.41, 5.74) is 5.97. The highest BCUT2D eigenvalue weighted by atomic mass is 16.2. The van der Waals surface area contributed by atoms with Crippen molar-refractivity contribution in [2.75, 3.05) is 18.9 Å². The molecule has 0 aliphatic heterocycles. The van der Waals surface area contributed by atoms with Crippen molar-refractivity contribution in [2.24, 2.45) is 0 Å². The lowest BCUT2D eigenvalue weighted by Gasteiger charge is -2.18. The number of aryl methyl sites for hydroxylation is 3. The Morgan fingerprint density at radius 1 is 1.12 bits per heavy atom. The van der Waals surface area contributed by atoms with Gasteiger partial charge in [0.25, 0.3) is 0 Å². The first-order chi connectivity index (χ1) is 11.4. The summed E-state index contributed by atoms with van der Waals surface area (Å²) in [7, 11) is 1.91. The van der Waals surface area contributed by atoms with Gasteiger partial charge in [-0.3, -0.25) is 9.69 Å². The van der Waals surface area contributed by atoms with E-state index in [0.717, 1.165) is 22.4 Å². The normalized spacial score (nSPS) is 10.5. The van der Waals surface area contributed by atoms with Crippen LogP contribution in [-0.2, 0) is 11.3 Å². The minimum absolute atomic E-state index is 0.0267. The summed E-state index contributed by atoms with van der Waals surface area (Å²) < 4.78 is 0. The summed E-state index contributed by atoms with van der Waals surface area (Å²) in [5.74, 6) is -0.0267. The Hall–Kier alpha value is -2.64. The Kier molecular flexibility index (Phi) is 5.73. The molecule has 0 heterocycles. The molecule has 24 heavy (non-hydrogen) atoms. The lowest BCUT2D eigenvalue weighted by atomic mass is 10.1. The molecule has 4 heteroatoms. The molecule has 0 saturated heterocycles. The van der Waals surface area contributed by atoms with E-state index in [1.165, 1.54) is 5.56 Å². The van der Waals surface area contributed by atoms with Crippen LogP contribution in [-0.4, -0.2) is 24.4 Å². The van der Waals surface area contributed by atoms with Crippen LogP contribution in [0.25, 0.3) is 0 Å². The van der Waals surface area contributed by atoms with Crippen LogP contribution in [0.15, 0.2) is 36.4 Å². The SMILES string of the molecule is Cc1cc(C)c(NC(=O)CN(C)Cc2ccc(C#N)cc2)c(C)c1. The molecule has 0 aromatic heterocycles. The number of benzene rings is 2. The zero-order chi connectivity index (χ0) is 17.7. The van der Waals surface area contributed by atoms with Crippen LogP contribution < -0.4 is 5.32 Å². The molecule has 0 bridgehead atoms. The van der Waals surface area contributed by atoms with Crippen LogP contribution in [0.1, 0.15) is 27.8 Å². The molecule has 1 N–H and O–H groups in total. The molecule has 0 aliphatic carbocycles. The molecule has 0 atom stereocenters. The lowest BCUT2D eigenvalue weighted by Crippen LogP contribution is -2.30. The number of anilines is 1. The molecule has 1 amide bonds. The molecule has 0 saturated carbocycles. The van der Waals surface area contributed by atoms with Gasteiger partial charge in [-0.1, -0.05) is 29.8 Å². The number of nitrogens with zero attached hydrogens (tertiary/aromatic N) is 2. The van der Waals surface area contributed by atoms with Gasteiger partial charge < -0.3 is 5.32 Å². The molecule has 0 aliphatic rings. The van der Waals surface area contributed by atoms with Crippen molar-refractivity contribution in [3.8, 4) is 6.07 Å². The average Bonchev–Trinajstić information content (AvgIpc) is 2.51. The van der Waals surface area contributed by atoms with Crippen LogP contribution in [0.3, 0.4) is 0 Å². The number of carbonyl (C=O) groups is 1. The molecule has 2 aromatic rings. The third kappa shape index (κ3) is 4.68. The lowest BCUT2D eigenvalue weighted by molar-refractivity contribution is -0.117. The fraction of sp³-hybridized carbons (Fsp3) is 0.300. The summed E-state index contributed by atoms with van der Waals surface area (Å²) in [6, 6.07) is 13.7. The van der Waals surface area contributed by atoms with Gasteiger partial charge in [-0.15, -0.1) is 0 Å². The van der Waals surface area contributed by atoms with Crippen LogP contribution in [0.4, 0.5) is 5.69 Å². The van der Waals surface area contributed by atoms with Gasteiger partial charge in [0.05, 0.1) is 18.2 Å². The number of amides is 1. The number of rotatable bonds is 5. The maximum absolute atomic E-state index is 12.3. The minimum atomic E-state index is -0.0267. The second-order valence-electron chi connectivity index (χ2n) is 6.30. The number of carbonyl (C=O) groups excluding carboxylic acids is 1. The summed E-state index contributed by atoms with van der Waals surface area (Å²) in [4.78, 5) is 14.3.